The summed E-state index contributed by atoms with van der Waals surface area (Å²) in [7, 11) is 0. The predicted octanol–water partition coefficient (Wildman–Crippen LogP) is 2.09. The van der Waals surface area contributed by atoms with Crippen molar-refractivity contribution >= 4 is 23.5 Å². The number of hydrogen-bond donors (Lipinski definition) is 1. The van der Waals surface area contributed by atoms with Gasteiger partial charge in [-0.05, 0) is 12.1 Å². The number of carbonyl (C=O) groups excluding carboxylic acids is 1. The minimum absolute atomic E-state index is 0.214. The van der Waals surface area contributed by atoms with E-state index in [1.807, 2.05) is 0 Å². The molecule has 0 saturated carbocycles. The van der Waals surface area contributed by atoms with Crippen LogP contribution in [0.3, 0.4) is 0 Å². The van der Waals surface area contributed by atoms with Crippen molar-refractivity contribution in [2.45, 2.75) is 19.3 Å². The molecule has 3 fully saturated rings. The van der Waals surface area contributed by atoms with Gasteiger partial charge in [-0.2, -0.15) is 0 Å². The third kappa shape index (κ3) is 2.45. The van der Waals surface area contributed by atoms with E-state index in [9.17, 15) is 9.18 Å². The normalized spacial score (nSPS) is 28.7. The van der Waals surface area contributed by atoms with Gasteiger partial charge in [0.15, 0.2) is 0 Å². The average Bonchev–Trinajstić information content (AvgIpc) is 2.64. The van der Waals surface area contributed by atoms with Crippen LogP contribution < -0.4 is 4.90 Å². The molecule has 3 aliphatic heterocycles. The lowest BCUT2D eigenvalue weighted by molar-refractivity contribution is -0.865. The Morgan fingerprint density at radius 3 is 2.74 bits per heavy atom. The van der Waals surface area contributed by atoms with Crippen LogP contribution in [0.2, 0.25) is 5.02 Å². The van der Waals surface area contributed by atoms with Gasteiger partial charge < -0.3 is 4.90 Å². The zero-order valence-corrected chi connectivity index (χ0v) is 11.3. The van der Waals surface area contributed by atoms with Crippen LogP contribution in [0.15, 0.2) is 23.9 Å². The smallest absolute Gasteiger partial charge is 0.146 e. The summed E-state index contributed by atoms with van der Waals surface area (Å²) in [6, 6.07) is 4.67. The van der Waals surface area contributed by atoms with Gasteiger partial charge in [-0.1, -0.05) is 17.7 Å². The zero-order valence-electron chi connectivity index (χ0n) is 10.6. The molecular weight excluding hydrogens is 265 g/mol. The maximum Gasteiger partial charge on any atom is 0.146 e. The molecule has 0 atom stereocenters. The Balaban J connectivity index is 2.00. The van der Waals surface area contributed by atoms with Crippen LogP contribution in [-0.2, 0) is 4.79 Å². The van der Waals surface area contributed by atoms with E-state index in [4.69, 9.17) is 11.6 Å². The van der Waals surface area contributed by atoms with Gasteiger partial charge in [0.1, 0.15) is 17.3 Å². The summed E-state index contributed by atoms with van der Waals surface area (Å²) < 4.78 is 13.8. The number of quaternary nitrogens is 1. The number of benzene rings is 1. The lowest BCUT2D eigenvalue weighted by atomic mass is 9.94. The molecule has 3 heterocycles. The molecule has 1 aromatic carbocycles. The second-order valence-electron chi connectivity index (χ2n) is 5.33. The molecule has 2 nitrogen and oxygen atoms in total. The third-order valence-electron chi connectivity index (χ3n) is 4.18. The lowest BCUT2D eigenvalue weighted by Gasteiger charge is -2.23. The molecule has 1 aromatic rings. The number of halogens is 2. The number of hydrogen-bond acceptors (Lipinski definition) is 1. The highest BCUT2D eigenvalue weighted by Gasteiger charge is 2.35. The Labute approximate surface area is 116 Å². The molecule has 4 rings (SSSR count). The minimum atomic E-state index is -0.327. The molecule has 1 N–H and O–H groups in total. The van der Waals surface area contributed by atoms with Crippen molar-refractivity contribution in [3.63, 3.8) is 0 Å². The standard InChI is InChI=1S/C15H15ClFNO/c16-13-2-1-3-14(17)12(13)8-11-9-15(19)10-4-6-18(11)7-5-10/h1-3,8,10H,4-7,9H2/p+1/b11-8+. The van der Waals surface area contributed by atoms with Gasteiger partial charge in [0, 0.05) is 30.4 Å². The summed E-state index contributed by atoms with van der Waals surface area (Å²) in [6.45, 7) is 1.93. The van der Waals surface area contributed by atoms with Crippen molar-refractivity contribution in [3.05, 3.63) is 40.3 Å². The summed E-state index contributed by atoms with van der Waals surface area (Å²) in [5, 5.41) is 0.402. The molecule has 19 heavy (non-hydrogen) atoms. The van der Waals surface area contributed by atoms with Gasteiger partial charge in [-0.15, -0.1) is 0 Å². The van der Waals surface area contributed by atoms with Crippen LogP contribution in [-0.4, -0.2) is 18.9 Å². The first-order valence-corrected chi connectivity index (χ1v) is 7.05. The molecule has 0 unspecified atom stereocenters. The number of fused-ring (bicyclic) bond motifs is 4. The van der Waals surface area contributed by atoms with E-state index in [-0.39, 0.29) is 11.7 Å². The van der Waals surface area contributed by atoms with Gasteiger partial charge in [-0.3, -0.25) is 4.79 Å². The Morgan fingerprint density at radius 1 is 1.32 bits per heavy atom. The average molecular weight is 281 g/mol. The Bertz CT molecular complexity index is 527. The van der Waals surface area contributed by atoms with Gasteiger partial charge in [-0.25, -0.2) is 4.39 Å². The Kier molecular flexibility index (Phi) is 3.42. The molecule has 0 aromatic heterocycles. The number of Topliss-reactive ketones (excluding diaryl/α,β-unsaturated/α-hetero) is 1. The van der Waals surface area contributed by atoms with Crippen molar-refractivity contribution in [1.82, 2.24) is 0 Å². The van der Waals surface area contributed by atoms with E-state index in [0.29, 0.717) is 22.8 Å². The third-order valence-corrected chi connectivity index (χ3v) is 4.51. The summed E-state index contributed by atoms with van der Waals surface area (Å²) in [4.78, 5) is 13.4. The second kappa shape index (κ2) is 5.06. The molecule has 0 amide bonds. The van der Waals surface area contributed by atoms with Gasteiger partial charge >= 0.3 is 0 Å². The molecular formula is C15H16ClFNO+. The number of piperidine rings is 1. The first kappa shape index (κ1) is 12.8. The van der Waals surface area contributed by atoms with Gasteiger partial charge in [0.25, 0.3) is 0 Å². The van der Waals surface area contributed by atoms with Crippen molar-refractivity contribution in [2.24, 2.45) is 5.92 Å². The number of ketones is 1. The molecule has 3 aliphatic rings. The van der Waals surface area contributed by atoms with E-state index in [1.54, 1.807) is 18.2 Å². The van der Waals surface area contributed by atoms with E-state index < -0.39 is 0 Å². The van der Waals surface area contributed by atoms with Crippen LogP contribution in [0.4, 0.5) is 4.39 Å². The highest BCUT2D eigenvalue weighted by molar-refractivity contribution is 6.32. The van der Waals surface area contributed by atoms with Crippen LogP contribution >= 0.6 is 11.6 Å². The zero-order chi connectivity index (χ0) is 13.4. The molecule has 100 valence electrons. The van der Waals surface area contributed by atoms with Crippen LogP contribution in [0, 0.1) is 11.7 Å². The maximum absolute atomic E-state index is 13.8. The number of rotatable bonds is 1. The summed E-state index contributed by atoms with van der Waals surface area (Å²) in [6.07, 6.45) is 4.12. The minimum Gasteiger partial charge on any atom is -0.306 e. The van der Waals surface area contributed by atoms with Gasteiger partial charge in [0.05, 0.1) is 24.5 Å². The fraction of sp³-hybridized carbons (Fsp3) is 0.400. The monoisotopic (exact) mass is 280 g/mol. The molecule has 2 bridgehead atoms. The maximum atomic E-state index is 13.8. The van der Waals surface area contributed by atoms with Crippen LogP contribution in [0.5, 0.6) is 0 Å². The number of carbonyl (C=O) groups is 1. The molecule has 0 spiro atoms. The van der Waals surface area contributed by atoms with Crippen LogP contribution in [0.25, 0.3) is 6.08 Å². The summed E-state index contributed by atoms with van der Waals surface area (Å²) in [5.41, 5.74) is 1.39. The van der Waals surface area contributed by atoms with Crippen molar-refractivity contribution in [2.75, 3.05) is 13.1 Å². The largest absolute Gasteiger partial charge is 0.306 e. The highest BCUT2D eigenvalue weighted by Crippen LogP contribution is 2.24. The Hall–Kier alpha value is -1.19. The quantitative estimate of drug-likeness (QED) is 0.836. The molecule has 4 heteroatoms. The first-order valence-electron chi connectivity index (χ1n) is 6.67. The lowest BCUT2D eigenvalue weighted by Crippen LogP contribution is -3.10. The van der Waals surface area contributed by atoms with E-state index in [2.05, 4.69) is 0 Å². The summed E-state index contributed by atoms with van der Waals surface area (Å²) in [5.74, 6) is 0.184. The first-order chi connectivity index (χ1) is 9.15. The molecule has 3 saturated heterocycles. The van der Waals surface area contributed by atoms with E-state index >= 15 is 0 Å². The Morgan fingerprint density at radius 2 is 2.05 bits per heavy atom. The SMILES string of the molecule is O=C1C/C(=C\c2c(F)cccc2Cl)[NH+]2CCC1CC2. The predicted molar refractivity (Wildman–Crippen MR) is 72.4 cm³/mol. The highest BCUT2D eigenvalue weighted by atomic mass is 35.5. The van der Waals surface area contributed by atoms with E-state index in [1.165, 1.54) is 11.0 Å². The van der Waals surface area contributed by atoms with Crippen molar-refractivity contribution < 1.29 is 14.1 Å². The summed E-state index contributed by atoms with van der Waals surface area (Å²) >= 11 is 6.05. The van der Waals surface area contributed by atoms with Crippen molar-refractivity contribution in [3.8, 4) is 0 Å². The second-order valence-corrected chi connectivity index (χ2v) is 5.73. The fourth-order valence-electron chi connectivity index (χ4n) is 3.04. The fourth-order valence-corrected chi connectivity index (χ4v) is 3.26. The van der Waals surface area contributed by atoms with Crippen molar-refractivity contribution in [1.29, 1.82) is 0 Å². The number of nitrogens with one attached hydrogen (secondary N) is 1. The van der Waals surface area contributed by atoms with Crippen LogP contribution in [0.1, 0.15) is 24.8 Å². The molecule has 0 aliphatic carbocycles. The molecule has 0 radical (unpaired) electrons. The number of allylic oxidation sites excluding steroid dienone is 1. The van der Waals surface area contributed by atoms with E-state index in [0.717, 1.165) is 31.6 Å². The van der Waals surface area contributed by atoms with Gasteiger partial charge in [0.2, 0.25) is 0 Å². The topological polar surface area (TPSA) is 21.5 Å².